The first-order valence-electron chi connectivity index (χ1n) is 11.3. The van der Waals surface area contributed by atoms with E-state index in [1.165, 1.54) is 10.5 Å². The highest BCUT2D eigenvalue weighted by Crippen LogP contribution is 2.34. The van der Waals surface area contributed by atoms with Crippen molar-refractivity contribution in [1.82, 2.24) is 14.3 Å². The molecule has 2 amide bonds. The van der Waals surface area contributed by atoms with E-state index in [1.807, 2.05) is 0 Å². The number of imidazole rings is 1. The SMILES string of the molecule is CC(C)(C)OC(=O)Nc1cc(F)c(-c2nc3cc(Cl)c(F)cn3c2C[C@H]2CN(C(=O)O)CCO2)c(F)c1. The molecule has 0 aliphatic carbocycles. The zero-order chi connectivity index (χ0) is 27.1. The van der Waals surface area contributed by atoms with Crippen LogP contribution in [0.2, 0.25) is 5.02 Å². The lowest BCUT2D eigenvalue weighted by molar-refractivity contribution is -0.0214. The molecule has 13 heteroatoms. The number of nitrogens with zero attached hydrogens (tertiary/aromatic N) is 3. The highest BCUT2D eigenvalue weighted by molar-refractivity contribution is 6.31. The van der Waals surface area contributed by atoms with Crippen molar-refractivity contribution in [2.24, 2.45) is 0 Å². The highest BCUT2D eigenvalue weighted by atomic mass is 35.5. The van der Waals surface area contributed by atoms with Crippen molar-refractivity contribution in [2.75, 3.05) is 25.0 Å². The molecule has 0 saturated carbocycles. The number of fused-ring (bicyclic) bond motifs is 1. The second-order valence-corrected chi connectivity index (χ2v) is 9.88. The number of anilines is 1. The zero-order valence-corrected chi connectivity index (χ0v) is 20.9. The van der Waals surface area contributed by atoms with Crippen LogP contribution in [-0.4, -0.2) is 63.0 Å². The Bertz CT molecular complexity index is 1350. The molecule has 1 atom stereocenters. The van der Waals surface area contributed by atoms with E-state index in [0.29, 0.717) is 0 Å². The van der Waals surface area contributed by atoms with Gasteiger partial charge in [0.05, 0.1) is 41.2 Å². The molecule has 2 N–H and O–H groups in total. The molecule has 1 saturated heterocycles. The first-order chi connectivity index (χ1) is 17.3. The highest BCUT2D eigenvalue weighted by Gasteiger charge is 2.29. The lowest BCUT2D eigenvalue weighted by Gasteiger charge is -2.31. The molecule has 2 aromatic heterocycles. The number of pyridine rings is 1. The van der Waals surface area contributed by atoms with Crippen LogP contribution in [-0.2, 0) is 15.9 Å². The average molecular weight is 541 g/mol. The van der Waals surface area contributed by atoms with E-state index in [0.717, 1.165) is 23.2 Å². The molecular weight excluding hydrogens is 517 g/mol. The largest absolute Gasteiger partial charge is 0.465 e. The molecule has 1 aliphatic heterocycles. The van der Waals surface area contributed by atoms with Gasteiger partial charge in [0.15, 0.2) is 5.82 Å². The quantitative estimate of drug-likeness (QED) is 0.463. The van der Waals surface area contributed by atoms with Crippen LogP contribution in [0.5, 0.6) is 0 Å². The molecule has 1 aromatic carbocycles. The summed E-state index contributed by atoms with van der Waals surface area (Å²) in [6.45, 7) is 5.22. The van der Waals surface area contributed by atoms with Gasteiger partial charge < -0.3 is 23.9 Å². The van der Waals surface area contributed by atoms with Crippen molar-refractivity contribution < 1.29 is 37.3 Å². The minimum Gasteiger partial charge on any atom is -0.465 e. The molecular formula is C24H24ClF3N4O5. The van der Waals surface area contributed by atoms with E-state index in [9.17, 15) is 19.1 Å². The third-order valence-electron chi connectivity index (χ3n) is 5.52. The number of carboxylic acid groups (broad SMARTS) is 1. The number of ether oxygens (including phenoxy) is 2. The average Bonchev–Trinajstić information content (AvgIpc) is 3.09. The number of nitrogens with one attached hydrogen (secondary N) is 1. The molecule has 1 aliphatic rings. The van der Waals surface area contributed by atoms with E-state index in [2.05, 4.69) is 10.3 Å². The van der Waals surface area contributed by atoms with Gasteiger partial charge in [0, 0.05) is 30.9 Å². The van der Waals surface area contributed by atoms with Crippen molar-refractivity contribution in [1.29, 1.82) is 0 Å². The van der Waals surface area contributed by atoms with Gasteiger partial charge in [0.25, 0.3) is 0 Å². The lowest BCUT2D eigenvalue weighted by Crippen LogP contribution is -2.45. The molecule has 3 heterocycles. The van der Waals surface area contributed by atoms with Crippen molar-refractivity contribution in [3.8, 4) is 11.3 Å². The minimum atomic E-state index is -1.13. The predicted molar refractivity (Wildman–Crippen MR) is 128 cm³/mol. The number of carbonyl (C=O) groups is 2. The molecule has 9 nitrogen and oxygen atoms in total. The second kappa shape index (κ2) is 10.1. The summed E-state index contributed by atoms with van der Waals surface area (Å²) < 4.78 is 57.0. The molecule has 0 radical (unpaired) electrons. The fourth-order valence-electron chi connectivity index (χ4n) is 4.01. The van der Waals surface area contributed by atoms with Crippen LogP contribution in [0, 0.1) is 17.5 Å². The summed E-state index contributed by atoms with van der Waals surface area (Å²) >= 11 is 5.89. The Morgan fingerprint density at radius 2 is 1.89 bits per heavy atom. The van der Waals surface area contributed by atoms with Crippen LogP contribution in [0.3, 0.4) is 0 Å². The number of carbonyl (C=O) groups excluding carboxylic acids is 1. The van der Waals surface area contributed by atoms with E-state index in [-0.39, 0.29) is 53.9 Å². The summed E-state index contributed by atoms with van der Waals surface area (Å²) in [7, 11) is 0. The van der Waals surface area contributed by atoms with Crippen molar-refractivity contribution in [2.45, 2.75) is 38.9 Å². The number of morpholine rings is 1. The Morgan fingerprint density at radius 1 is 1.22 bits per heavy atom. The molecule has 1 fully saturated rings. The Hall–Kier alpha value is -3.51. The molecule has 0 unspecified atom stereocenters. The van der Waals surface area contributed by atoms with Crippen LogP contribution >= 0.6 is 11.6 Å². The number of amides is 2. The van der Waals surface area contributed by atoms with E-state index in [1.54, 1.807) is 20.8 Å². The van der Waals surface area contributed by atoms with E-state index in [4.69, 9.17) is 21.1 Å². The Labute approximate surface area is 214 Å². The molecule has 0 bridgehead atoms. The summed E-state index contributed by atoms with van der Waals surface area (Å²) in [4.78, 5) is 28.9. The number of hydrogen-bond donors (Lipinski definition) is 2. The van der Waals surface area contributed by atoms with Crippen LogP contribution in [0.25, 0.3) is 16.9 Å². The third-order valence-corrected chi connectivity index (χ3v) is 5.81. The smallest absolute Gasteiger partial charge is 0.412 e. The Balaban J connectivity index is 1.75. The zero-order valence-electron chi connectivity index (χ0n) is 20.1. The normalized spacial score (nSPS) is 16.2. The predicted octanol–water partition coefficient (Wildman–Crippen LogP) is 5.34. The van der Waals surface area contributed by atoms with Gasteiger partial charge in [-0.3, -0.25) is 5.32 Å². The molecule has 0 spiro atoms. The number of rotatable bonds is 4. The molecule has 37 heavy (non-hydrogen) atoms. The topological polar surface area (TPSA) is 105 Å². The van der Waals surface area contributed by atoms with Crippen LogP contribution in [0.4, 0.5) is 28.4 Å². The summed E-state index contributed by atoms with van der Waals surface area (Å²) in [6, 6.07) is 3.03. The number of hydrogen-bond acceptors (Lipinski definition) is 5. The van der Waals surface area contributed by atoms with Crippen molar-refractivity contribution in [3.63, 3.8) is 0 Å². The first kappa shape index (κ1) is 26.6. The Kier molecular flexibility index (Phi) is 7.24. The summed E-state index contributed by atoms with van der Waals surface area (Å²) in [6.07, 6.45) is -1.70. The number of aromatic nitrogens is 2. The number of benzene rings is 1. The lowest BCUT2D eigenvalue weighted by atomic mass is 10.0. The van der Waals surface area contributed by atoms with Gasteiger partial charge >= 0.3 is 12.2 Å². The van der Waals surface area contributed by atoms with E-state index < -0.39 is 46.9 Å². The van der Waals surface area contributed by atoms with Gasteiger partial charge in [0.1, 0.15) is 22.9 Å². The molecule has 4 rings (SSSR count). The third kappa shape index (κ3) is 5.91. The maximum absolute atomic E-state index is 15.3. The maximum atomic E-state index is 15.3. The maximum Gasteiger partial charge on any atom is 0.412 e. The fraction of sp³-hybridized carbons (Fsp3) is 0.375. The number of halogens is 4. The molecule has 198 valence electrons. The van der Waals surface area contributed by atoms with Gasteiger partial charge in [-0.15, -0.1) is 0 Å². The summed E-state index contributed by atoms with van der Waals surface area (Å²) in [5.74, 6) is -2.87. The van der Waals surface area contributed by atoms with Gasteiger partial charge in [-0.1, -0.05) is 11.6 Å². The van der Waals surface area contributed by atoms with E-state index >= 15 is 8.78 Å². The van der Waals surface area contributed by atoms with Crippen LogP contribution in [0.1, 0.15) is 26.5 Å². The Morgan fingerprint density at radius 3 is 2.51 bits per heavy atom. The van der Waals surface area contributed by atoms with Crippen molar-refractivity contribution >= 4 is 35.1 Å². The molecule has 3 aromatic rings. The van der Waals surface area contributed by atoms with Crippen molar-refractivity contribution in [3.05, 3.63) is 52.6 Å². The monoisotopic (exact) mass is 540 g/mol. The fourth-order valence-corrected chi connectivity index (χ4v) is 4.16. The van der Waals surface area contributed by atoms with Gasteiger partial charge in [-0.25, -0.2) is 27.7 Å². The summed E-state index contributed by atoms with van der Waals surface area (Å²) in [5, 5.41) is 11.4. The van der Waals surface area contributed by atoms with Crippen LogP contribution in [0.15, 0.2) is 24.4 Å². The standard InChI is InChI=1S/C24H24ClF3N4O5/c1-24(2,3)37-22(33)29-12-6-15(26)20(16(27)7-12)21-18(8-13-10-31(23(34)35)4-5-36-13)32-11-17(28)14(25)9-19(32)30-21/h6-7,9,11,13H,4-5,8,10H2,1-3H3,(H,29,33)(H,34,35)/t13-/m0/s1. The van der Waals surface area contributed by atoms with Gasteiger partial charge in [-0.2, -0.15) is 0 Å². The second-order valence-electron chi connectivity index (χ2n) is 9.47. The van der Waals surface area contributed by atoms with Gasteiger partial charge in [-0.05, 0) is 32.9 Å². The first-order valence-corrected chi connectivity index (χ1v) is 11.6. The minimum absolute atomic E-state index is 0.00177. The summed E-state index contributed by atoms with van der Waals surface area (Å²) in [5.41, 5.74) is -1.35. The van der Waals surface area contributed by atoms with Crippen LogP contribution < -0.4 is 5.32 Å². The van der Waals surface area contributed by atoms with Gasteiger partial charge in [0.2, 0.25) is 0 Å².